The van der Waals surface area contributed by atoms with Crippen molar-refractivity contribution in [2.45, 2.75) is 27.1 Å². The van der Waals surface area contributed by atoms with Gasteiger partial charge in [0.1, 0.15) is 5.82 Å². The van der Waals surface area contributed by atoms with Gasteiger partial charge in [-0.25, -0.2) is 4.98 Å². The van der Waals surface area contributed by atoms with Gasteiger partial charge in [-0.05, 0) is 38.1 Å². The highest BCUT2D eigenvalue weighted by atomic mass is 16.5. The molecule has 33 heavy (non-hydrogen) atoms. The van der Waals surface area contributed by atoms with E-state index in [2.05, 4.69) is 31.6 Å². The molecule has 1 amide bonds. The molecular weight excluding hydrogens is 420 g/mol. The van der Waals surface area contributed by atoms with E-state index in [0.29, 0.717) is 31.1 Å². The first-order chi connectivity index (χ1) is 16.1. The molecule has 1 N–H and O–H groups in total. The van der Waals surface area contributed by atoms with Gasteiger partial charge in [-0.2, -0.15) is 0 Å². The first-order valence-electron chi connectivity index (χ1n) is 11.1. The standard InChI is InChI=1S/C24H26N6O3/c1-3-29-16(2)25-19-14-17(8-9-21(19)29)23(31)27-26-22-18-6-4-5-7-20(18)30(24(22)32)15-28-10-12-33-13-11-28/h4-9,14,32H,3,10-13,15H2,1-2H3. The van der Waals surface area contributed by atoms with Crippen LogP contribution in [-0.2, 0) is 18.0 Å². The van der Waals surface area contributed by atoms with Crippen molar-refractivity contribution in [2.75, 3.05) is 26.3 Å². The van der Waals surface area contributed by atoms with Gasteiger partial charge >= 0.3 is 0 Å². The number of carbonyl (C=O) groups excluding carboxylic acids is 1. The first-order valence-corrected chi connectivity index (χ1v) is 11.1. The molecule has 0 radical (unpaired) electrons. The molecule has 4 aromatic rings. The van der Waals surface area contributed by atoms with Gasteiger partial charge in [0.15, 0.2) is 5.69 Å². The van der Waals surface area contributed by atoms with E-state index in [1.165, 1.54) is 0 Å². The van der Waals surface area contributed by atoms with Gasteiger partial charge in [-0.1, -0.05) is 18.2 Å². The number of nitrogens with zero attached hydrogens (tertiary/aromatic N) is 6. The van der Waals surface area contributed by atoms with Gasteiger partial charge in [0.05, 0.1) is 36.4 Å². The fraction of sp³-hybridized carbons (Fsp3) is 0.333. The van der Waals surface area contributed by atoms with E-state index in [9.17, 15) is 9.90 Å². The predicted octanol–water partition coefficient (Wildman–Crippen LogP) is 4.24. The average molecular weight is 447 g/mol. The molecule has 0 aliphatic carbocycles. The summed E-state index contributed by atoms with van der Waals surface area (Å²) >= 11 is 0. The molecule has 1 fully saturated rings. The first kappa shape index (κ1) is 21.3. The maximum atomic E-state index is 12.8. The Morgan fingerprint density at radius 3 is 2.70 bits per heavy atom. The smallest absolute Gasteiger partial charge is 0.295 e. The van der Waals surface area contributed by atoms with Crippen LogP contribution in [0, 0.1) is 6.92 Å². The van der Waals surface area contributed by atoms with Crippen molar-refractivity contribution in [3.63, 3.8) is 0 Å². The Hall–Kier alpha value is -3.56. The minimum absolute atomic E-state index is 0.00740. The monoisotopic (exact) mass is 446 g/mol. The minimum atomic E-state index is -0.481. The van der Waals surface area contributed by atoms with Gasteiger partial charge in [0.25, 0.3) is 5.91 Å². The van der Waals surface area contributed by atoms with E-state index in [0.717, 1.165) is 47.4 Å². The Kier molecular flexibility index (Phi) is 5.65. The number of para-hydroxylation sites is 1. The van der Waals surface area contributed by atoms with E-state index in [-0.39, 0.29) is 5.88 Å². The van der Waals surface area contributed by atoms with Crippen molar-refractivity contribution in [3.8, 4) is 5.88 Å². The van der Waals surface area contributed by atoms with Crippen LogP contribution in [0.4, 0.5) is 5.69 Å². The van der Waals surface area contributed by atoms with Gasteiger partial charge in [-0.15, -0.1) is 10.2 Å². The van der Waals surface area contributed by atoms with Crippen LogP contribution < -0.4 is 0 Å². The van der Waals surface area contributed by atoms with E-state index < -0.39 is 5.91 Å². The lowest BCUT2D eigenvalue weighted by molar-refractivity contribution is 0.0231. The molecule has 2 aromatic carbocycles. The second kappa shape index (κ2) is 8.76. The molecular formula is C24H26N6O3. The van der Waals surface area contributed by atoms with Crippen molar-refractivity contribution in [1.82, 2.24) is 19.0 Å². The average Bonchev–Trinajstić information content (AvgIpc) is 3.30. The predicted molar refractivity (Wildman–Crippen MR) is 125 cm³/mol. The molecule has 0 atom stereocenters. The zero-order valence-electron chi connectivity index (χ0n) is 18.7. The lowest BCUT2D eigenvalue weighted by atomic mass is 10.2. The summed E-state index contributed by atoms with van der Waals surface area (Å²) in [5.74, 6) is 0.411. The number of aromatic nitrogens is 3. The molecule has 0 unspecified atom stereocenters. The Bertz CT molecular complexity index is 1360. The van der Waals surface area contributed by atoms with Gasteiger partial charge < -0.3 is 14.4 Å². The van der Waals surface area contributed by atoms with E-state index in [4.69, 9.17) is 4.74 Å². The van der Waals surface area contributed by atoms with Crippen LogP contribution >= 0.6 is 0 Å². The summed E-state index contributed by atoms with van der Waals surface area (Å²) in [6, 6.07) is 12.9. The van der Waals surface area contributed by atoms with Crippen molar-refractivity contribution in [1.29, 1.82) is 0 Å². The molecule has 170 valence electrons. The zero-order chi connectivity index (χ0) is 22.9. The number of azo groups is 1. The molecule has 1 aliphatic rings. The maximum Gasteiger partial charge on any atom is 0.295 e. The summed E-state index contributed by atoms with van der Waals surface area (Å²) in [6.45, 7) is 8.23. The number of morpholine rings is 1. The number of carbonyl (C=O) groups is 1. The fourth-order valence-electron chi connectivity index (χ4n) is 4.39. The highest BCUT2D eigenvalue weighted by Gasteiger charge is 2.20. The number of hydrogen-bond acceptors (Lipinski definition) is 6. The molecule has 3 heterocycles. The van der Waals surface area contributed by atoms with Crippen LogP contribution in [0.1, 0.15) is 23.1 Å². The van der Waals surface area contributed by atoms with Crippen molar-refractivity contribution < 1.29 is 14.6 Å². The van der Waals surface area contributed by atoms with Crippen molar-refractivity contribution in [2.24, 2.45) is 10.2 Å². The van der Waals surface area contributed by atoms with Gasteiger partial charge in [0, 0.05) is 30.6 Å². The number of benzene rings is 2. The summed E-state index contributed by atoms with van der Waals surface area (Å²) in [6.07, 6.45) is 0. The Morgan fingerprint density at radius 2 is 1.91 bits per heavy atom. The summed E-state index contributed by atoms with van der Waals surface area (Å²) < 4.78 is 9.31. The van der Waals surface area contributed by atoms with E-state index >= 15 is 0 Å². The Morgan fingerprint density at radius 1 is 1.12 bits per heavy atom. The van der Waals surface area contributed by atoms with Crippen LogP contribution in [0.15, 0.2) is 52.7 Å². The molecule has 5 rings (SSSR count). The highest BCUT2D eigenvalue weighted by Crippen LogP contribution is 2.39. The van der Waals surface area contributed by atoms with Crippen LogP contribution in [0.25, 0.3) is 21.9 Å². The lowest BCUT2D eigenvalue weighted by Crippen LogP contribution is -2.37. The van der Waals surface area contributed by atoms with Crippen LogP contribution in [0.2, 0.25) is 0 Å². The number of imidazole rings is 1. The largest absolute Gasteiger partial charge is 0.493 e. The minimum Gasteiger partial charge on any atom is -0.493 e. The van der Waals surface area contributed by atoms with Crippen molar-refractivity contribution >= 4 is 33.5 Å². The number of hydrogen-bond donors (Lipinski definition) is 1. The van der Waals surface area contributed by atoms with E-state index in [1.807, 2.05) is 37.3 Å². The summed E-state index contributed by atoms with van der Waals surface area (Å²) in [5, 5.41) is 19.8. The molecule has 9 heteroatoms. The molecule has 9 nitrogen and oxygen atoms in total. The number of aryl methyl sites for hydroxylation is 2. The maximum absolute atomic E-state index is 12.8. The molecule has 0 spiro atoms. The number of amides is 1. The molecule has 0 bridgehead atoms. The van der Waals surface area contributed by atoms with E-state index in [1.54, 1.807) is 16.7 Å². The van der Waals surface area contributed by atoms with Crippen LogP contribution in [-0.4, -0.2) is 56.3 Å². The SMILES string of the molecule is CCn1c(C)nc2cc(C(=O)N=Nc3c(O)n(CN4CCOCC4)c4ccccc34)ccc21. The third-order valence-corrected chi connectivity index (χ3v) is 6.11. The molecule has 1 saturated heterocycles. The van der Waals surface area contributed by atoms with Gasteiger partial charge in [-0.3, -0.25) is 14.3 Å². The lowest BCUT2D eigenvalue weighted by Gasteiger charge is -2.27. The number of ether oxygens (including phenoxy) is 1. The quantitative estimate of drug-likeness (QED) is 0.463. The molecule has 2 aromatic heterocycles. The summed E-state index contributed by atoms with van der Waals surface area (Å²) in [5.41, 5.74) is 3.26. The second-order valence-electron chi connectivity index (χ2n) is 8.10. The third-order valence-electron chi connectivity index (χ3n) is 6.11. The van der Waals surface area contributed by atoms with Crippen LogP contribution in [0.3, 0.4) is 0 Å². The fourth-order valence-corrected chi connectivity index (χ4v) is 4.39. The van der Waals surface area contributed by atoms with Crippen LogP contribution in [0.5, 0.6) is 5.88 Å². The second-order valence-corrected chi connectivity index (χ2v) is 8.10. The summed E-state index contributed by atoms with van der Waals surface area (Å²) in [4.78, 5) is 19.5. The normalized spacial score (nSPS) is 15.2. The Balaban J connectivity index is 1.46. The van der Waals surface area contributed by atoms with Crippen molar-refractivity contribution in [3.05, 3.63) is 53.9 Å². The summed E-state index contributed by atoms with van der Waals surface area (Å²) in [7, 11) is 0. The Labute approximate surface area is 190 Å². The molecule has 0 saturated carbocycles. The number of fused-ring (bicyclic) bond motifs is 2. The highest BCUT2D eigenvalue weighted by molar-refractivity contribution is 5.99. The van der Waals surface area contributed by atoms with Gasteiger partial charge in [0.2, 0.25) is 5.88 Å². The number of rotatable bonds is 5. The number of aromatic hydroxyl groups is 1. The topological polar surface area (TPSA) is 97.2 Å². The molecule has 1 aliphatic heterocycles. The zero-order valence-corrected chi connectivity index (χ0v) is 18.7. The third kappa shape index (κ3) is 3.90.